The van der Waals surface area contributed by atoms with Gasteiger partial charge < -0.3 is 30.1 Å². The number of amides is 2. The Bertz CT molecular complexity index is 1270. The molecule has 3 aliphatic heterocycles. The second-order valence-corrected chi connectivity index (χ2v) is 10.1. The Morgan fingerprint density at radius 3 is 2.17 bits per heavy atom. The second kappa shape index (κ2) is 12.7. The van der Waals surface area contributed by atoms with Crippen molar-refractivity contribution in [1.29, 1.82) is 0 Å². The summed E-state index contributed by atoms with van der Waals surface area (Å²) in [7, 11) is 0. The van der Waals surface area contributed by atoms with E-state index in [9.17, 15) is 18.4 Å². The number of piperazine rings is 1. The number of anilines is 3. The van der Waals surface area contributed by atoms with Gasteiger partial charge in [-0.25, -0.2) is 18.7 Å². The van der Waals surface area contributed by atoms with Crippen LogP contribution in [0.5, 0.6) is 0 Å². The SMILES string of the molecule is C/C=C/C(=O)N1CCC(C(=O)N2CCN(c3nc(-c4cnc(N)nc4C(F)F)nc(N4CCOCC4)n3)CC2)CC1. The summed E-state index contributed by atoms with van der Waals surface area (Å²) < 4.78 is 33.2. The molecule has 3 saturated heterocycles. The van der Waals surface area contributed by atoms with Gasteiger partial charge in [-0.15, -0.1) is 0 Å². The Labute approximate surface area is 236 Å². The van der Waals surface area contributed by atoms with E-state index >= 15 is 0 Å². The normalized spacial score (nSPS) is 18.9. The quantitative estimate of drug-likeness (QED) is 0.497. The molecule has 0 unspecified atom stereocenters. The molecule has 0 spiro atoms. The zero-order valence-electron chi connectivity index (χ0n) is 23.0. The van der Waals surface area contributed by atoms with Gasteiger partial charge in [0.05, 0.1) is 18.8 Å². The fraction of sp³-hybridized carbons (Fsp3) is 0.577. The van der Waals surface area contributed by atoms with Gasteiger partial charge in [0.25, 0.3) is 6.43 Å². The minimum atomic E-state index is -2.90. The lowest BCUT2D eigenvalue weighted by atomic mass is 9.95. The summed E-state index contributed by atoms with van der Waals surface area (Å²) in [5.41, 5.74) is 5.01. The number of carbonyl (C=O) groups excluding carboxylic acids is 2. The predicted octanol–water partition coefficient (Wildman–Crippen LogP) is 1.15. The van der Waals surface area contributed by atoms with Crippen molar-refractivity contribution in [2.45, 2.75) is 26.2 Å². The number of hydrogen-bond donors (Lipinski definition) is 1. The standard InChI is InChI=1S/C26H34F2N10O3/c1-2-3-19(39)35-6-4-17(5-7-35)23(40)36-8-10-37(11-9-36)25-32-22(18-16-30-24(29)31-20(18)21(27)28)33-26(34-25)38-12-14-41-15-13-38/h2-3,16-17,21H,4-15H2,1H3,(H2,29,30,31)/b3-2+. The fourth-order valence-electron chi connectivity index (χ4n) is 5.25. The Balaban J connectivity index is 1.31. The molecular weight excluding hydrogens is 538 g/mol. The van der Waals surface area contributed by atoms with Crippen LogP contribution in [0.4, 0.5) is 26.6 Å². The van der Waals surface area contributed by atoms with Crippen LogP contribution in [0.15, 0.2) is 18.3 Å². The third-order valence-electron chi connectivity index (χ3n) is 7.53. The van der Waals surface area contributed by atoms with Gasteiger partial charge in [0.1, 0.15) is 5.69 Å². The highest BCUT2D eigenvalue weighted by Crippen LogP contribution is 2.30. The number of piperidine rings is 1. The number of nitrogens with zero attached hydrogens (tertiary/aromatic N) is 9. The van der Waals surface area contributed by atoms with E-state index in [-0.39, 0.29) is 35.1 Å². The average Bonchev–Trinajstić information content (AvgIpc) is 3.01. The van der Waals surface area contributed by atoms with Gasteiger partial charge in [-0.05, 0) is 25.8 Å². The van der Waals surface area contributed by atoms with Gasteiger partial charge in [0.2, 0.25) is 29.7 Å². The van der Waals surface area contributed by atoms with Crippen molar-refractivity contribution in [2.24, 2.45) is 5.92 Å². The van der Waals surface area contributed by atoms with E-state index in [0.717, 1.165) is 0 Å². The maximum absolute atomic E-state index is 13.9. The first kappa shape index (κ1) is 28.5. The summed E-state index contributed by atoms with van der Waals surface area (Å²) in [5.74, 6) is 0.401. The van der Waals surface area contributed by atoms with Crippen molar-refractivity contribution in [3.05, 3.63) is 24.0 Å². The molecule has 0 bridgehead atoms. The molecular formula is C26H34F2N10O3. The van der Waals surface area contributed by atoms with E-state index in [1.54, 1.807) is 17.1 Å². The Hall–Kier alpha value is -4.01. The van der Waals surface area contributed by atoms with Crippen LogP contribution in [-0.4, -0.2) is 112 Å². The number of nitrogens with two attached hydrogens (primary N) is 1. The third kappa shape index (κ3) is 6.50. The number of alkyl halides is 2. The number of carbonyl (C=O) groups is 2. The molecule has 220 valence electrons. The maximum atomic E-state index is 13.9. The van der Waals surface area contributed by atoms with Gasteiger partial charge >= 0.3 is 0 Å². The number of rotatable bonds is 6. The number of aromatic nitrogens is 5. The first-order chi connectivity index (χ1) is 19.8. The highest BCUT2D eigenvalue weighted by molar-refractivity contribution is 5.88. The molecule has 5 heterocycles. The molecule has 15 heteroatoms. The molecule has 0 aliphatic carbocycles. The van der Waals surface area contributed by atoms with Gasteiger partial charge in [-0.3, -0.25) is 9.59 Å². The summed E-state index contributed by atoms with van der Waals surface area (Å²) in [5, 5.41) is 0. The number of nitrogen functional groups attached to an aromatic ring is 1. The van der Waals surface area contributed by atoms with E-state index < -0.39 is 12.1 Å². The molecule has 2 aromatic rings. The van der Waals surface area contributed by atoms with Crippen LogP contribution in [0.2, 0.25) is 0 Å². The Morgan fingerprint density at radius 1 is 0.927 bits per heavy atom. The summed E-state index contributed by atoms with van der Waals surface area (Å²) in [6.45, 7) is 6.89. The molecule has 3 aliphatic rings. The van der Waals surface area contributed by atoms with E-state index in [1.165, 1.54) is 6.20 Å². The van der Waals surface area contributed by atoms with Gasteiger partial charge in [-0.1, -0.05) is 6.08 Å². The lowest BCUT2D eigenvalue weighted by Gasteiger charge is -2.38. The zero-order valence-corrected chi connectivity index (χ0v) is 23.0. The molecule has 0 saturated carbocycles. The van der Waals surface area contributed by atoms with Gasteiger partial charge in [0, 0.05) is 64.5 Å². The molecule has 0 atom stereocenters. The monoisotopic (exact) mass is 572 g/mol. The largest absolute Gasteiger partial charge is 0.378 e. The topological polar surface area (TPSA) is 147 Å². The highest BCUT2D eigenvalue weighted by Gasteiger charge is 2.32. The van der Waals surface area contributed by atoms with E-state index in [2.05, 4.69) is 24.9 Å². The number of ether oxygens (including phenoxy) is 1. The first-order valence-corrected chi connectivity index (χ1v) is 13.8. The van der Waals surface area contributed by atoms with Crippen LogP contribution in [0, 0.1) is 5.92 Å². The molecule has 2 amide bonds. The first-order valence-electron chi connectivity index (χ1n) is 13.8. The molecule has 5 rings (SSSR count). The molecule has 0 aromatic carbocycles. The molecule has 0 radical (unpaired) electrons. The Morgan fingerprint density at radius 2 is 1.56 bits per heavy atom. The van der Waals surface area contributed by atoms with Gasteiger partial charge in [-0.2, -0.15) is 15.0 Å². The summed E-state index contributed by atoms with van der Waals surface area (Å²) in [4.78, 5) is 54.2. The molecule has 13 nitrogen and oxygen atoms in total. The van der Waals surface area contributed by atoms with Crippen LogP contribution in [0.25, 0.3) is 11.4 Å². The van der Waals surface area contributed by atoms with Crippen molar-refractivity contribution in [3.8, 4) is 11.4 Å². The number of halogens is 2. The minimum Gasteiger partial charge on any atom is -0.378 e. The number of likely N-dealkylation sites (tertiary alicyclic amines) is 1. The van der Waals surface area contributed by atoms with Crippen molar-refractivity contribution in [2.75, 3.05) is 81.1 Å². The van der Waals surface area contributed by atoms with E-state index in [1.807, 2.05) is 21.6 Å². The average molecular weight is 573 g/mol. The molecule has 3 fully saturated rings. The highest BCUT2D eigenvalue weighted by atomic mass is 19.3. The van der Waals surface area contributed by atoms with E-state index in [0.29, 0.717) is 90.3 Å². The summed E-state index contributed by atoms with van der Waals surface area (Å²) >= 11 is 0. The lowest BCUT2D eigenvalue weighted by molar-refractivity contribution is -0.139. The summed E-state index contributed by atoms with van der Waals surface area (Å²) in [6.07, 6.45) is 2.85. The summed E-state index contributed by atoms with van der Waals surface area (Å²) in [6, 6.07) is 0. The van der Waals surface area contributed by atoms with Gasteiger partial charge in [0.15, 0.2) is 5.82 Å². The molecule has 2 N–H and O–H groups in total. The maximum Gasteiger partial charge on any atom is 0.281 e. The van der Waals surface area contributed by atoms with Crippen molar-refractivity contribution in [3.63, 3.8) is 0 Å². The zero-order chi connectivity index (χ0) is 28.9. The van der Waals surface area contributed by atoms with Crippen molar-refractivity contribution in [1.82, 2.24) is 34.7 Å². The molecule has 41 heavy (non-hydrogen) atoms. The minimum absolute atomic E-state index is 0.0135. The van der Waals surface area contributed by atoms with Crippen molar-refractivity contribution < 1.29 is 23.1 Å². The second-order valence-electron chi connectivity index (χ2n) is 10.1. The van der Waals surface area contributed by atoms with Crippen LogP contribution < -0.4 is 15.5 Å². The van der Waals surface area contributed by atoms with E-state index in [4.69, 9.17) is 10.5 Å². The molecule has 2 aromatic heterocycles. The van der Waals surface area contributed by atoms with Crippen LogP contribution in [-0.2, 0) is 14.3 Å². The lowest BCUT2D eigenvalue weighted by Crippen LogP contribution is -2.52. The van der Waals surface area contributed by atoms with Crippen LogP contribution in [0.1, 0.15) is 31.9 Å². The number of morpholine rings is 1. The van der Waals surface area contributed by atoms with Crippen molar-refractivity contribution >= 4 is 29.7 Å². The smallest absolute Gasteiger partial charge is 0.281 e. The number of allylic oxidation sites excluding steroid dienone is 1. The van der Waals surface area contributed by atoms with Crippen LogP contribution >= 0.6 is 0 Å². The fourth-order valence-corrected chi connectivity index (χ4v) is 5.25. The Kier molecular flexibility index (Phi) is 8.81. The number of hydrogen-bond acceptors (Lipinski definition) is 11. The van der Waals surface area contributed by atoms with Crippen LogP contribution in [0.3, 0.4) is 0 Å². The third-order valence-corrected chi connectivity index (χ3v) is 7.53. The predicted molar refractivity (Wildman–Crippen MR) is 146 cm³/mol.